The van der Waals surface area contributed by atoms with Gasteiger partial charge in [-0.1, -0.05) is 6.92 Å². The van der Waals surface area contributed by atoms with Gasteiger partial charge in [0.15, 0.2) is 11.5 Å². The molecule has 2 N–H and O–H groups in total. The van der Waals surface area contributed by atoms with E-state index in [0.717, 1.165) is 44.7 Å². The second kappa shape index (κ2) is 9.77. The Morgan fingerprint density at radius 1 is 1.27 bits per heavy atom. The molecule has 3 fully saturated rings. The van der Waals surface area contributed by atoms with Crippen molar-refractivity contribution in [3.8, 4) is 23.2 Å². The first-order chi connectivity index (χ1) is 17.8. The molecule has 0 bridgehead atoms. The minimum atomic E-state index is -0.540. The van der Waals surface area contributed by atoms with Crippen molar-refractivity contribution in [2.75, 3.05) is 13.7 Å². The number of rotatable bonds is 6. The molecule has 1 aliphatic heterocycles. The Morgan fingerprint density at radius 2 is 2.03 bits per heavy atom. The molecule has 0 aromatic carbocycles. The summed E-state index contributed by atoms with van der Waals surface area (Å²) in [6, 6.07) is 5.46. The lowest BCUT2D eigenvalue weighted by Gasteiger charge is -2.40. The number of aromatic nitrogens is 3. The van der Waals surface area contributed by atoms with Crippen LogP contribution in [0.1, 0.15) is 75.2 Å². The third-order valence-corrected chi connectivity index (χ3v) is 8.51. The van der Waals surface area contributed by atoms with Gasteiger partial charge in [-0.15, -0.1) is 0 Å². The molecule has 9 nitrogen and oxygen atoms in total. The van der Waals surface area contributed by atoms with E-state index in [1.165, 1.54) is 13.2 Å². The monoisotopic (exact) mass is 508 g/mol. The molecule has 1 saturated heterocycles. The second-order valence-electron chi connectivity index (χ2n) is 11.2. The van der Waals surface area contributed by atoms with Gasteiger partial charge < -0.3 is 15.0 Å². The number of H-pyrrole nitrogens is 1. The van der Waals surface area contributed by atoms with Gasteiger partial charge in [-0.25, -0.2) is 9.37 Å². The first kappa shape index (κ1) is 25.2. The largest absolute Gasteiger partial charge is 0.481 e. The second-order valence-corrected chi connectivity index (χ2v) is 11.2. The topological polar surface area (TPSA) is 124 Å². The highest BCUT2D eigenvalue weighted by atomic mass is 19.1. The molecule has 2 aromatic rings. The summed E-state index contributed by atoms with van der Waals surface area (Å²) in [7, 11) is 1.45. The Morgan fingerprint density at radius 3 is 2.70 bits per heavy atom. The number of piperidine rings is 1. The maximum Gasteiger partial charge on any atom is 0.274 e. The molecule has 2 aliphatic carbocycles. The Bertz CT molecular complexity index is 1220. The van der Waals surface area contributed by atoms with E-state index in [4.69, 9.17) is 10.00 Å². The van der Waals surface area contributed by atoms with Gasteiger partial charge in [-0.2, -0.15) is 10.4 Å². The van der Waals surface area contributed by atoms with Crippen LogP contribution >= 0.6 is 0 Å². The number of hydrogen-bond acceptors (Lipinski definition) is 6. The minimum Gasteiger partial charge on any atom is -0.481 e. The summed E-state index contributed by atoms with van der Waals surface area (Å²) >= 11 is 0. The number of pyridine rings is 1. The molecule has 37 heavy (non-hydrogen) atoms. The molecular weight excluding hydrogens is 475 g/mol. The van der Waals surface area contributed by atoms with Gasteiger partial charge in [0.1, 0.15) is 0 Å². The fraction of sp³-hybridized carbons (Fsp3) is 0.593. The summed E-state index contributed by atoms with van der Waals surface area (Å²) in [5.41, 5.74) is 0.576. The average Bonchev–Trinajstić information content (AvgIpc) is 3.46. The van der Waals surface area contributed by atoms with Crippen molar-refractivity contribution < 1.29 is 18.7 Å². The summed E-state index contributed by atoms with van der Waals surface area (Å²) in [5.74, 6) is -0.518. The van der Waals surface area contributed by atoms with Crippen molar-refractivity contribution in [1.82, 2.24) is 25.4 Å². The van der Waals surface area contributed by atoms with Gasteiger partial charge in [0, 0.05) is 42.1 Å². The van der Waals surface area contributed by atoms with Gasteiger partial charge in [-0.05, 0) is 62.8 Å². The van der Waals surface area contributed by atoms with Crippen LogP contribution in [0.2, 0.25) is 0 Å². The van der Waals surface area contributed by atoms with Crippen molar-refractivity contribution >= 4 is 11.8 Å². The lowest BCUT2D eigenvalue weighted by atomic mass is 9.72. The first-order valence-corrected chi connectivity index (χ1v) is 13.0. The molecule has 0 unspecified atom stereocenters. The molecule has 10 heteroatoms. The average molecular weight is 509 g/mol. The van der Waals surface area contributed by atoms with Crippen LogP contribution in [0.15, 0.2) is 18.3 Å². The normalized spacial score (nSPS) is 26.4. The van der Waals surface area contributed by atoms with E-state index in [9.17, 15) is 14.0 Å². The Kier molecular flexibility index (Phi) is 6.65. The summed E-state index contributed by atoms with van der Waals surface area (Å²) in [5, 5.41) is 19.3. The molecule has 0 radical (unpaired) electrons. The van der Waals surface area contributed by atoms with Gasteiger partial charge >= 0.3 is 0 Å². The maximum atomic E-state index is 14.3. The predicted molar refractivity (Wildman–Crippen MR) is 133 cm³/mol. The molecule has 5 rings (SSSR count). The van der Waals surface area contributed by atoms with E-state index in [2.05, 4.69) is 33.5 Å². The van der Waals surface area contributed by atoms with Crippen LogP contribution < -0.4 is 10.1 Å². The van der Waals surface area contributed by atoms with Gasteiger partial charge in [0.25, 0.3) is 5.91 Å². The number of nitriles is 1. The van der Waals surface area contributed by atoms with Crippen LogP contribution in [-0.4, -0.2) is 57.1 Å². The summed E-state index contributed by atoms with van der Waals surface area (Å²) in [4.78, 5) is 32.2. The smallest absolute Gasteiger partial charge is 0.274 e. The quantitative estimate of drug-likeness (QED) is 0.608. The van der Waals surface area contributed by atoms with Crippen LogP contribution in [0.25, 0.3) is 11.3 Å². The van der Waals surface area contributed by atoms with Gasteiger partial charge in [0.05, 0.1) is 25.1 Å². The number of aromatic amines is 1. The molecule has 1 spiro atoms. The number of carbonyl (C=O) groups excluding carboxylic acids is 2. The van der Waals surface area contributed by atoms with Crippen molar-refractivity contribution in [2.24, 2.45) is 11.3 Å². The van der Waals surface area contributed by atoms with Crippen molar-refractivity contribution in [1.29, 1.82) is 5.26 Å². The maximum absolute atomic E-state index is 14.3. The Balaban J connectivity index is 1.21. The van der Waals surface area contributed by atoms with E-state index in [1.807, 2.05) is 4.90 Å². The summed E-state index contributed by atoms with van der Waals surface area (Å²) < 4.78 is 19.4. The van der Waals surface area contributed by atoms with Crippen LogP contribution in [0.4, 0.5) is 4.39 Å². The molecular formula is C27H33FN6O3. The molecule has 2 aromatic heterocycles. The zero-order valence-corrected chi connectivity index (χ0v) is 21.3. The number of amides is 2. The number of nitrogens with one attached hydrogen (secondary N) is 2. The van der Waals surface area contributed by atoms with Crippen molar-refractivity contribution in [3.63, 3.8) is 0 Å². The molecule has 3 heterocycles. The SMILES string of the molecule is COc1cc(-c2cc(C(=O)N3CC[C@H](C(=O)N[C@H]4CC[C@](C)(CC#N)CC4)CC34CC4)n[nH]2)c(F)cn1. The van der Waals surface area contributed by atoms with E-state index in [0.29, 0.717) is 31.5 Å². The number of ether oxygens (including phenoxy) is 1. The van der Waals surface area contributed by atoms with Crippen LogP contribution in [0.3, 0.4) is 0 Å². The fourth-order valence-corrected chi connectivity index (χ4v) is 5.94. The van der Waals surface area contributed by atoms with E-state index in [-0.39, 0.29) is 51.9 Å². The lowest BCUT2D eigenvalue weighted by molar-refractivity contribution is -0.128. The number of carbonyl (C=O) groups is 2. The highest BCUT2D eigenvalue weighted by molar-refractivity contribution is 5.94. The van der Waals surface area contributed by atoms with Crippen molar-refractivity contribution in [3.05, 3.63) is 29.8 Å². The highest BCUT2D eigenvalue weighted by Crippen LogP contribution is 2.50. The Labute approximate surface area is 215 Å². The van der Waals surface area contributed by atoms with Crippen LogP contribution in [0, 0.1) is 28.5 Å². The predicted octanol–water partition coefficient (Wildman–Crippen LogP) is 3.98. The third-order valence-electron chi connectivity index (χ3n) is 8.51. The van der Waals surface area contributed by atoms with Crippen LogP contribution in [-0.2, 0) is 4.79 Å². The fourth-order valence-electron chi connectivity index (χ4n) is 5.94. The molecule has 3 aliphatic rings. The number of nitrogens with zero attached hydrogens (tertiary/aromatic N) is 4. The summed E-state index contributed by atoms with van der Waals surface area (Å²) in [6.45, 7) is 2.64. The molecule has 2 saturated carbocycles. The molecule has 196 valence electrons. The summed E-state index contributed by atoms with van der Waals surface area (Å²) in [6.07, 6.45) is 8.32. The number of likely N-dealkylation sites (tertiary alicyclic amines) is 1. The van der Waals surface area contributed by atoms with Crippen LogP contribution in [0.5, 0.6) is 5.88 Å². The van der Waals surface area contributed by atoms with Gasteiger partial charge in [0.2, 0.25) is 11.8 Å². The number of methoxy groups -OCH3 is 1. The minimum absolute atomic E-state index is 0.0567. The molecule has 1 atom stereocenters. The number of hydrogen-bond donors (Lipinski definition) is 2. The zero-order valence-electron chi connectivity index (χ0n) is 21.3. The van der Waals surface area contributed by atoms with E-state index < -0.39 is 5.82 Å². The number of halogens is 1. The molecule has 2 amide bonds. The third kappa shape index (κ3) is 5.04. The van der Waals surface area contributed by atoms with Gasteiger partial charge in [-0.3, -0.25) is 14.7 Å². The Hall–Kier alpha value is -3.48. The standard InChI is InChI=1S/C27H33FN6O3/c1-26(10-11-29)6-3-18(4-7-26)31-24(35)17-5-12-34(27(15-17)8-9-27)25(36)22-14-21(32-33-22)19-13-23(37-2)30-16-20(19)28/h13-14,16-18H,3-10,12,15H2,1-2H3,(H,31,35)(H,32,33)/t17-,18-,26-/m0/s1. The lowest BCUT2D eigenvalue weighted by Crippen LogP contribution is -2.52. The zero-order chi connectivity index (χ0) is 26.2. The van der Waals surface area contributed by atoms with Crippen molar-refractivity contribution in [2.45, 2.75) is 76.3 Å². The highest BCUT2D eigenvalue weighted by Gasteiger charge is 2.55. The van der Waals surface area contributed by atoms with E-state index >= 15 is 0 Å². The first-order valence-electron chi connectivity index (χ1n) is 13.0. The van der Waals surface area contributed by atoms with E-state index in [1.54, 1.807) is 6.07 Å².